The summed E-state index contributed by atoms with van der Waals surface area (Å²) in [5.74, 6) is 0. The maximum atomic E-state index is 5.93. The van der Waals surface area contributed by atoms with E-state index in [1.807, 2.05) is 19.2 Å². The van der Waals surface area contributed by atoms with E-state index in [-0.39, 0.29) is 6.23 Å². The fourth-order valence-corrected chi connectivity index (χ4v) is 1.88. The first-order valence-electron chi connectivity index (χ1n) is 4.45. The number of hydrogen-bond acceptors (Lipinski definition) is 2. The van der Waals surface area contributed by atoms with Crippen LogP contribution in [0.5, 0.6) is 0 Å². The number of rotatable bonds is 1. The maximum absolute atomic E-state index is 5.93. The minimum absolute atomic E-state index is 0.0183. The summed E-state index contributed by atoms with van der Waals surface area (Å²) in [7, 11) is 2.03. The second-order valence-corrected chi connectivity index (χ2v) is 4.19. The van der Waals surface area contributed by atoms with Gasteiger partial charge in [-0.25, -0.2) is 0 Å². The van der Waals surface area contributed by atoms with Crippen molar-refractivity contribution in [3.8, 4) is 0 Å². The molecule has 2 nitrogen and oxygen atoms in total. The highest BCUT2D eigenvalue weighted by atomic mass is 35.5. The number of ether oxygens (including phenoxy) is 1. The van der Waals surface area contributed by atoms with Crippen LogP contribution in [0.3, 0.4) is 0 Å². The Kier molecular flexibility index (Phi) is 2.98. The molecule has 0 bridgehead atoms. The van der Waals surface area contributed by atoms with Crippen LogP contribution in [0.4, 0.5) is 0 Å². The highest BCUT2D eigenvalue weighted by Gasteiger charge is 2.23. The van der Waals surface area contributed by atoms with E-state index in [4.69, 9.17) is 27.9 Å². The molecule has 1 heterocycles. The molecule has 14 heavy (non-hydrogen) atoms. The lowest BCUT2D eigenvalue weighted by molar-refractivity contribution is 0.0454. The minimum atomic E-state index is 0.0183. The summed E-state index contributed by atoms with van der Waals surface area (Å²) in [5, 5.41) is 1.16. The van der Waals surface area contributed by atoms with Gasteiger partial charge in [0.1, 0.15) is 6.23 Å². The SMILES string of the molecule is CN1CCOC1c1ccc(Cl)c(Cl)c1. The van der Waals surface area contributed by atoms with Crippen molar-refractivity contribution < 1.29 is 4.74 Å². The molecule has 1 fully saturated rings. The van der Waals surface area contributed by atoms with Gasteiger partial charge in [-0.1, -0.05) is 29.3 Å². The summed E-state index contributed by atoms with van der Waals surface area (Å²) in [6.07, 6.45) is 0.0183. The molecule has 1 aliphatic rings. The molecule has 0 amide bonds. The van der Waals surface area contributed by atoms with Crippen LogP contribution in [0.2, 0.25) is 10.0 Å². The Bertz CT molecular complexity index is 343. The third kappa shape index (κ3) is 1.89. The molecule has 0 N–H and O–H groups in total. The van der Waals surface area contributed by atoms with Crippen LogP contribution in [0.25, 0.3) is 0 Å². The van der Waals surface area contributed by atoms with E-state index in [1.165, 1.54) is 0 Å². The Morgan fingerprint density at radius 3 is 2.71 bits per heavy atom. The highest BCUT2D eigenvalue weighted by Crippen LogP contribution is 2.30. The summed E-state index contributed by atoms with van der Waals surface area (Å²) in [5.41, 5.74) is 1.06. The molecule has 2 rings (SSSR count). The van der Waals surface area contributed by atoms with E-state index in [9.17, 15) is 0 Å². The lowest BCUT2D eigenvalue weighted by Crippen LogP contribution is -2.18. The smallest absolute Gasteiger partial charge is 0.136 e. The van der Waals surface area contributed by atoms with Crippen molar-refractivity contribution in [2.75, 3.05) is 20.2 Å². The molecule has 0 aliphatic carbocycles. The number of likely N-dealkylation sites (N-methyl/N-ethyl adjacent to an activating group) is 1. The molecular formula is C10H11Cl2NO. The van der Waals surface area contributed by atoms with E-state index in [0.717, 1.165) is 18.7 Å². The Morgan fingerprint density at radius 1 is 1.36 bits per heavy atom. The van der Waals surface area contributed by atoms with Gasteiger partial charge in [-0.2, -0.15) is 0 Å². The Labute approximate surface area is 93.4 Å². The molecule has 0 aromatic heterocycles. The third-order valence-electron chi connectivity index (χ3n) is 2.35. The van der Waals surface area contributed by atoms with Gasteiger partial charge in [0.05, 0.1) is 16.7 Å². The van der Waals surface area contributed by atoms with Crippen LogP contribution in [0.15, 0.2) is 18.2 Å². The van der Waals surface area contributed by atoms with Crippen molar-refractivity contribution in [3.05, 3.63) is 33.8 Å². The van der Waals surface area contributed by atoms with Crippen LogP contribution in [-0.2, 0) is 4.74 Å². The highest BCUT2D eigenvalue weighted by molar-refractivity contribution is 6.42. The van der Waals surface area contributed by atoms with E-state index < -0.39 is 0 Å². The molecule has 1 atom stereocenters. The lowest BCUT2D eigenvalue weighted by Gasteiger charge is -2.18. The lowest BCUT2D eigenvalue weighted by atomic mass is 10.2. The second kappa shape index (κ2) is 4.07. The van der Waals surface area contributed by atoms with Gasteiger partial charge in [0.25, 0.3) is 0 Å². The van der Waals surface area contributed by atoms with Crippen molar-refractivity contribution in [2.24, 2.45) is 0 Å². The zero-order valence-electron chi connectivity index (χ0n) is 7.84. The summed E-state index contributed by atoms with van der Waals surface area (Å²) in [4.78, 5) is 2.14. The Balaban J connectivity index is 2.28. The van der Waals surface area contributed by atoms with Crippen molar-refractivity contribution >= 4 is 23.2 Å². The zero-order chi connectivity index (χ0) is 10.1. The van der Waals surface area contributed by atoms with E-state index in [0.29, 0.717) is 10.0 Å². The summed E-state index contributed by atoms with van der Waals surface area (Å²) in [6, 6.07) is 5.60. The second-order valence-electron chi connectivity index (χ2n) is 3.38. The van der Waals surface area contributed by atoms with E-state index in [2.05, 4.69) is 4.90 Å². The zero-order valence-corrected chi connectivity index (χ0v) is 9.35. The minimum Gasteiger partial charge on any atom is -0.358 e. The summed E-state index contributed by atoms with van der Waals surface area (Å²) in [6.45, 7) is 1.71. The van der Waals surface area contributed by atoms with Gasteiger partial charge in [0.2, 0.25) is 0 Å². The molecule has 0 saturated carbocycles. The summed E-state index contributed by atoms with van der Waals surface area (Å²) >= 11 is 11.8. The van der Waals surface area contributed by atoms with E-state index >= 15 is 0 Å². The molecule has 76 valence electrons. The predicted octanol–water partition coefficient (Wildman–Crippen LogP) is 2.95. The van der Waals surface area contributed by atoms with Gasteiger partial charge in [0, 0.05) is 6.54 Å². The van der Waals surface area contributed by atoms with Gasteiger partial charge < -0.3 is 4.74 Å². The topological polar surface area (TPSA) is 12.5 Å². The van der Waals surface area contributed by atoms with Gasteiger partial charge in [0.15, 0.2) is 0 Å². The van der Waals surface area contributed by atoms with Gasteiger partial charge in [-0.3, -0.25) is 4.90 Å². The van der Waals surface area contributed by atoms with Crippen LogP contribution >= 0.6 is 23.2 Å². The first kappa shape index (κ1) is 10.2. The van der Waals surface area contributed by atoms with Gasteiger partial charge >= 0.3 is 0 Å². The Morgan fingerprint density at radius 2 is 2.14 bits per heavy atom. The van der Waals surface area contributed by atoms with Crippen molar-refractivity contribution in [3.63, 3.8) is 0 Å². The third-order valence-corrected chi connectivity index (χ3v) is 3.09. The normalized spacial score (nSPS) is 22.9. The average molecular weight is 232 g/mol. The summed E-state index contributed by atoms with van der Waals surface area (Å²) < 4.78 is 5.57. The maximum Gasteiger partial charge on any atom is 0.136 e. The molecular weight excluding hydrogens is 221 g/mol. The average Bonchev–Trinajstić information content (AvgIpc) is 2.57. The molecule has 1 saturated heterocycles. The van der Waals surface area contributed by atoms with Crippen LogP contribution < -0.4 is 0 Å². The van der Waals surface area contributed by atoms with Gasteiger partial charge in [-0.15, -0.1) is 0 Å². The van der Waals surface area contributed by atoms with Crippen LogP contribution in [-0.4, -0.2) is 25.1 Å². The fraction of sp³-hybridized carbons (Fsp3) is 0.400. The first-order chi connectivity index (χ1) is 6.68. The molecule has 0 radical (unpaired) electrons. The number of halogens is 2. The fourth-order valence-electron chi connectivity index (χ4n) is 1.57. The van der Waals surface area contributed by atoms with Crippen molar-refractivity contribution in [1.29, 1.82) is 0 Å². The van der Waals surface area contributed by atoms with Gasteiger partial charge in [-0.05, 0) is 24.7 Å². The standard InChI is InChI=1S/C10H11Cl2NO/c1-13-4-5-14-10(13)7-2-3-8(11)9(12)6-7/h2-3,6,10H,4-5H2,1H3. The quantitative estimate of drug-likeness (QED) is 0.738. The molecule has 1 aromatic rings. The largest absolute Gasteiger partial charge is 0.358 e. The molecule has 1 aromatic carbocycles. The first-order valence-corrected chi connectivity index (χ1v) is 5.21. The molecule has 0 spiro atoms. The van der Waals surface area contributed by atoms with Crippen molar-refractivity contribution in [1.82, 2.24) is 4.90 Å². The monoisotopic (exact) mass is 231 g/mol. The van der Waals surface area contributed by atoms with Crippen molar-refractivity contribution in [2.45, 2.75) is 6.23 Å². The molecule has 4 heteroatoms. The van der Waals surface area contributed by atoms with E-state index in [1.54, 1.807) is 6.07 Å². The molecule has 1 unspecified atom stereocenters. The van der Waals surface area contributed by atoms with Crippen LogP contribution in [0.1, 0.15) is 11.8 Å². The van der Waals surface area contributed by atoms with Crippen LogP contribution in [0, 0.1) is 0 Å². The number of benzene rings is 1. The molecule has 1 aliphatic heterocycles. The number of nitrogens with zero attached hydrogens (tertiary/aromatic N) is 1. The predicted molar refractivity (Wildman–Crippen MR) is 57.8 cm³/mol. The number of hydrogen-bond donors (Lipinski definition) is 0. The Hall–Kier alpha value is -0.280.